The van der Waals surface area contributed by atoms with E-state index in [1.165, 1.54) is 0 Å². The van der Waals surface area contributed by atoms with E-state index in [0.29, 0.717) is 0 Å². The van der Waals surface area contributed by atoms with Gasteiger partial charge in [0, 0.05) is 12.6 Å². The van der Waals surface area contributed by atoms with Crippen LogP contribution in [0.3, 0.4) is 0 Å². The summed E-state index contributed by atoms with van der Waals surface area (Å²) in [5, 5.41) is 9.17. The Kier molecular flexibility index (Phi) is 3.81. The van der Waals surface area contributed by atoms with Gasteiger partial charge in [-0.3, -0.25) is 0 Å². The van der Waals surface area contributed by atoms with Crippen molar-refractivity contribution in [1.29, 1.82) is 0 Å². The lowest BCUT2D eigenvalue weighted by atomic mass is 10.1. The number of benzene rings is 1. The van der Waals surface area contributed by atoms with Crippen LogP contribution >= 0.6 is 0 Å². The van der Waals surface area contributed by atoms with Crippen molar-refractivity contribution in [2.24, 2.45) is 5.92 Å². The molecule has 0 saturated heterocycles. The van der Waals surface area contributed by atoms with Gasteiger partial charge in [-0.2, -0.15) is 0 Å². The van der Waals surface area contributed by atoms with Crippen LogP contribution in [0.2, 0.25) is 0 Å². The summed E-state index contributed by atoms with van der Waals surface area (Å²) in [6.07, 6.45) is 2.66. The Morgan fingerprint density at radius 1 is 1.24 bits per heavy atom. The molecule has 1 fully saturated rings. The molecule has 17 heavy (non-hydrogen) atoms. The van der Waals surface area contributed by atoms with Gasteiger partial charge in [0.2, 0.25) is 10.0 Å². The average Bonchev–Trinajstić information content (AvgIpc) is 2.77. The molecule has 0 unspecified atom stereocenters. The van der Waals surface area contributed by atoms with E-state index in [0.717, 1.165) is 19.3 Å². The Morgan fingerprint density at radius 2 is 1.94 bits per heavy atom. The number of hydrogen-bond acceptors (Lipinski definition) is 3. The average molecular weight is 255 g/mol. The van der Waals surface area contributed by atoms with Crippen LogP contribution in [0.1, 0.15) is 19.3 Å². The van der Waals surface area contributed by atoms with Crippen LogP contribution < -0.4 is 4.72 Å². The molecule has 1 aliphatic rings. The molecule has 4 nitrogen and oxygen atoms in total. The molecule has 0 aromatic heterocycles. The van der Waals surface area contributed by atoms with Crippen molar-refractivity contribution >= 4 is 10.0 Å². The second-order valence-electron chi connectivity index (χ2n) is 4.41. The van der Waals surface area contributed by atoms with E-state index in [4.69, 9.17) is 5.11 Å². The van der Waals surface area contributed by atoms with Crippen molar-refractivity contribution in [3.63, 3.8) is 0 Å². The van der Waals surface area contributed by atoms with Crippen LogP contribution in [-0.4, -0.2) is 26.2 Å². The van der Waals surface area contributed by atoms with Crippen LogP contribution in [0.5, 0.6) is 0 Å². The smallest absolute Gasteiger partial charge is 0.240 e. The zero-order chi connectivity index (χ0) is 12.3. The third-order valence-electron chi connectivity index (χ3n) is 3.25. The highest BCUT2D eigenvalue weighted by molar-refractivity contribution is 7.89. The Bertz CT molecular complexity index is 458. The number of aliphatic hydroxyl groups excluding tert-OH is 1. The van der Waals surface area contributed by atoms with Gasteiger partial charge in [-0.1, -0.05) is 24.6 Å². The maximum absolute atomic E-state index is 12.1. The summed E-state index contributed by atoms with van der Waals surface area (Å²) >= 11 is 0. The number of sulfonamides is 1. The lowest BCUT2D eigenvalue weighted by Gasteiger charge is -2.18. The number of rotatable bonds is 4. The molecule has 0 spiro atoms. The number of hydrogen-bond donors (Lipinski definition) is 2. The molecule has 2 N–H and O–H groups in total. The minimum Gasteiger partial charge on any atom is -0.396 e. The quantitative estimate of drug-likeness (QED) is 0.847. The highest BCUT2D eigenvalue weighted by atomic mass is 32.2. The molecule has 2 rings (SSSR count). The summed E-state index contributed by atoms with van der Waals surface area (Å²) in [5.41, 5.74) is 0. The molecular weight excluding hydrogens is 238 g/mol. The van der Waals surface area contributed by atoms with Crippen molar-refractivity contribution < 1.29 is 13.5 Å². The van der Waals surface area contributed by atoms with Gasteiger partial charge >= 0.3 is 0 Å². The summed E-state index contributed by atoms with van der Waals surface area (Å²) in [6, 6.07) is 8.20. The third-order valence-corrected chi connectivity index (χ3v) is 4.76. The van der Waals surface area contributed by atoms with Crippen molar-refractivity contribution in [2.45, 2.75) is 30.2 Å². The molecule has 1 aromatic carbocycles. The second kappa shape index (κ2) is 5.16. The molecule has 1 aromatic rings. The second-order valence-corrected chi connectivity index (χ2v) is 6.13. The summed E-state index contributed by atoms with van der Waals surface area (Å²) in [5.74, 6) is 0.0495. The van der Waals surface area contributed by atoms with E-state index in [9.17, 15) is 8.42 Å². The van der Waals surface area contributed by atoms with Crippen LogP contribution in [0.25, 0.3) is 0 Å². The van der Waals surface area contributed by atoms with Gasteiger partial charge in [-0.05, 0) is 30.9 Å². The molecule has 1 aliphatic carbocycles. The van der Waals surface area contributed by atoms with E-state index >= 15 is 0 Å². The molecule has 0 heterocycles. The minimum atomic E-state index is -3.45. The van der Waals surface area contributed by atoms with E-state index < -0.39 is 10.0 Å². The first-order valence-corrected chi connectivity index (χ1v) is 7.30. The van der Waals surface area contributed by atoms with Gasteiger partial charge in [-0.25, -0.2) is 13.1 Å². The van der Waals surface area contributed by atoms with Crippen molar-refractivity contribution in [3.05, 3.63) is 30.3 Å². The summed E-state index contributed by atoms with van der Waals surface area (Å²) in [6.45, 7) is 0.0436. The van der Waals surface area contributed by atoms with Gasteiger partial charge in [0.1, 0.15) is 0 Å². The lowest BCUT2D eigenvalue weighted by Crippen LogP contribution is -2.38. The first-order valence-electron chi connectivity index (χ1n) is 5.82. The van der Waals surface area contributed by atoms with Crippen LogP contribution in [-0.2, 0) is 10.0 Å². The van der Waals surface area contributed by atoms with Gasteiger partial charge < -0.3 is 5.11 Å². The molecular formula is C12H17NO3S. The van der Waals surface area contributed by atoms with Crippen LogP contribution in [0, 0.1) is 5.92 Å². The minimum absolute atomic E-state index is 0.0436. The molecule has 2 atom stereocenters. The number of nitrogens with one attached hydrogen (secondary N) is 1. The summed E-state index contributed by atoms with van der Waals surface area (Å²) < 4.78 is 26.8. The SMILES string of the molecule is O=S(=O)(N[C@@H]1CCC[C@@H]1CO)c1ccccc1. The zero-order valence-corrected chi connectivity index (χ0v) is 10.4. The normalized spacial score (nSPS) is 25.0. The Hall–Kier alpha value is -0.910. The molecule has 5 heteroatoms. The molecule has 0 radical (unpaired) electrons. The topological polar surface area (TPSA) is 66.4 Å². The fourth-order valence-electron chi connectivity index (χ4n) is 2.28. The molecule has 0 amide bonds. The van der Waals surface area contributed by atoms with Gasteiger partial charge in [0.15, 0.2) is 0 Å². The Morgan fingerprint density at radius 3 is 2.59 bits per heavy atom. The van der Waals surface area contributed by atoms with E-state index in [-0.39, 0.29) is 23.5 Å². The first kappa shape index (κ1) is 12.5. The third kappa shape index (κ3) is 2.86. The Labute approximate surface area is 102 Å². The molecule has 94 valence electrons. The van der Waals surface area contributed by atoms with Gasteiger partial charge in [-0.15, -0.1) is 0 Å². The summed E-state index contributed by atoms with van der Waals surface area (Å²) in [4.78, 5) is 0.281. The highest BCUT2D eigenvalue weighted by Crippen LogP contribution is 2.26. The fraction of sp³-hybridized carbons (Fsp3) is 0.500. The van der Waals surface area contributed by atoms with Crippen LogP contribution in [0.4, 0.5) is 0 Å². The lowest BCUT2D eigenvalue weighted by molar-refractivity contribution is 0.213. The predicted octanol–water partition coefficient (Wildman–Crippen LogP) is 1.13. The molecule has 0 bridgehead atoms. The monoisotopic (exact) mass is 255 g/mol. The Balaban J connectivity index is 2.13. The van der Waals surface area contributed by atoms with Crippen molar-refractivity contribution in [2.75, 3.05) is 6.61 Å². The van der Waals surface area contributed by atoms with Crippen molar-refractivity contribution in [3.8, 4) is 0 Å². The first-order chi connectivity index (χ1) is 8.13. The zero-order valence-electron chi connectivity index (χ0n) is 9.54. The van der Waals surface area contributed by atoms with Gasteiger partial charge in [0.25, 0.3) is 0 Å². The fourth-order valence-corrected chi connectivity index (χ4v) is 3.64. The maximum Gasteiger partial charge on any atom is 0.240 e. The van der Waals surface area contributed by atoms with Crippen molar-refractivity contribution in [1.82, 2.24) is 4.72 Å². The standard InChI is InChI=1S/C12H17NO3S/c14-9-10-5-4-8-12(10)13-17(15,16)11-6-2-1-3-7-11/h1-3,6-7,10,12-14H,4-5,8-9H2/t10-,12-/m1/s1. The van der Waals surface area contributed by atoms with E-state index in [2.05, 4.69) is 4.72 Å². The largest absolute Gasteiger partial charge is 0.396 e. The molecule has 1 saturated carbocycles. The van der Waals surface area contributed by atoms with E-state index in [1.54, 1.807) is 30.3 Å². The van der Waals surface area contributed by atoms with E-state index in [1.807, 2.05) is 0 Å². The number of aliphatic hydroxyl groups is 1. The molecule has 0 aliphatic heterocycles. The van der Waals surface area contributed by atoms with Crippen LogP contribution in [0.15, 0.2) is 35.2 Å². The summed E-state index contributed by atoms with van der Waals surface area (Å²) in [7, 11) is -3.45. The van der Waals surface area contributed by atoms with Gasteiger partial charge in [0.05, 0.1) is 4.90 Å². The maximum atomic E-state index is 12.1. The predicted molar refractivity (Wildman–Crippen MR) is 65.0 cm³/mol. The highest BCUT2D eigenvalue weighted by Gasteiger charge is 2.30.